The molecule has 0 aliphatic heterocycles. The van der Waals surface area contributed by atoms with Crippen LogP contribution in [-0.2, 0) is 9.53 Å². The van der Waals surface area contributed by atoms with Crippen LogP contribution in [-0.4, -0.2) is 18.2 Å². The first-order chi connectivity index (χ1) is 8.43. The summed E-state index contributed by atoms with van der Waals surface area (Å²) in [4.78, 5) is 11.8. The Bertz CT molecular complexity index is 410. The second-order valence-electron chi connectivity index (χ2n) is 4.77. The molecule has 1 aromatic rings. The summed E-state index contributed by atoms with van der Waals surface area (Å²) in [6, 6.07) is 5.96. The van der Waals surface area contributed by atoms with Gasteiger partial charge in [0.1, 0.15) is 5.75 Å². The van der Waals surface area contributed by atoms with Crippen LogP contribution < -0.4 is 4.74 Å². The second-order valence-corrected chi connectivity index (χ2v) is 4.77. The molecule has 0 saturated carbocycles. The molecule has 18 heavy (non-hydrogen) atoms. The van der Waals surface area contributed by atoms with Crippen LogP contribution in [0.5, 0.6) is 5.75 Å². The zero-order valence-corrected chi connectivity index (χ0v) is 11.8. The van der Waals surface area contributed by atoms with Gasteiger partial charge in [-0.05, 0) is 51.3 Å². The number of aryl methyl sites for hydroxylation is 2. The Morgan fingerprint density at radius 2 is 1.94 bits per heavy atom. The van der Waals surface area contributed by atoms with E-state index in [2.05, 4.69) is 0 Å². The minimum atomic E-state index is -0.534. The van der Waals surface area contributed by atoms with Crippen LogP contribution in [0.3, 0.4) is 0 Å². The molecule has 3 nitrogen and oxygen atoms in total. The molecule has 0 aliphatic carbocycles. The Hall–Kier alpha value is -1.51. The number of hydrogen-bond donors (Lipinski definition) is 0. The molecule has 1 aromatic carbocycles. The fraction of sp³-hybridized carbons (Fsp3) is 0.533. The van der Waals surface area contributed by atoms with E-state index >= 15 is 0 Å². The number of ether oxygens (including phenoxy) is 2. The summed E-state index contributed by atoms with van der Waals surface area (Å²) >= 11 is 0. The lowest BCUT2D eigenvalue weighted by Crippen LogP contribution is -2.30. The van der Waals surface area contributed by atoms with Crippen LogP contribution in [0, 0.1) is 13.8 Å². The molecule has 1 unspecified atom stereocenters. The molecule has 0 radical (unpaired) electrons. The van der Waals surface area contributed by atoms with Crippen molar-refractivity contribution >= 4 is 5.97 Å². The lowest BCUT2D eigenvalue weighted by molar-refractivity contribution is -0.155. The molecule has 0 aliphatic rings. The Labute approximate surface area is 109 Å². The Balaban J connectivity index is 2.79. The molecule has 0 saturated heterocycles. The Morgan fingerprint density at radius 1 is 1.28 bits per heavy atom. The van der Waals surface area contributed by atoms with Gasteiger partial charge in [0.05, 0.1) is 6.10 Å². The van der Waals surface area contributed by atoms with E-state index in [4.69, 9.17) is 9.47 Å². The van der Waals surface area contributed by atoms with E-state index in [0.717, 1.165) is 16.9 Å². The Morgan fingerprint density at radius 3 is 2.50 bits per heavy atom. The number of esters is 1. The maximum Gasteiger partial charge on any atom is 0.347 e. The lowest BCUT2D eigenvalue weighted by atomic mass is 10.1. The second kappa shape index (κ2) is 6.43. The van der Waals surface area contributed by atoms with Crippen molar-refractivity contribution in [3.05, 3.63) is 29.3 Å². The largest absolute Gasteiger partial charge is 0.478 e. The maximum absolute atomic E-state index is 11.8. The molecule has 0 amide bonds. The van der Waals surface area contributed by atoms with Gasteiger partial charge in [-0.2, -0.15) is 0 Å². The fourth-order valence-electron chi connectivity index (χ4n) is 1.59. The Kier molecular flexibility index (Phi) is 5.20. The van der Waals surface area contributed by atoms with E-state index in [1.807, 2.05) is 52.8 Å². The van der Waals surface area contributed by atoms with Gasteiger partial charge in [-0.3, -0.25) is 0 Å². The van der Waals surface area contributed by atoms with Gasteiger partial charge in [-0.15, -0.1) is 0 Å². The van der Waals surface area contributed by atoms with Crippen molar-refractivity contribution in [3.63, 3.8) is 0 Å². The molecule has 0 fully saturated rings. The van der Waals surface area contributed by atoms with Crippen LogP contribution in [0.15, 0.2) is 18.2 Å². The minimum absolute atomic E-state index is 0.117. The maximum atomic E-state index is 11.8. The molecule has 1 atom stereocenters. The van der Waals surface area contributed by atoms with Crippen LogP contribution in [0.2, 0.25) is 0 Å². The summed E-state index contributed by atoms with van der Waals surface area (Å²) in [5.74, 6) is 0.455. The molecule has 0 bridgehead atoms. The summed E-state index contributed by atoms with van der Waals surface area (Å²) in [7, 11) is 0. The third-order valence-electron chi connectivity index (χ3n) is 2.60. The van der Waals surface area contributed by atoms with Gasteiger partial charge < -0.3 is 9.47 Å². The van der Waals surface area contributed by atoms with Crippen LogP contribution in [0.1, 0.15) is 38.3 Å². The fourth-order valence-corrected chi connectivity index (χ4v) is 1.59. The monoisotopic (exact) mass is 250 g/mol. The molecule has 1 rings (SSSR count). The molecule has 3 heteroatoms. The van der Waals surface area contributed by atoms with E-state index in [1.54, 1.807) is 0 Å². The van der Waals surface area contributed by atoms with Crippen molar-refractivity contribution in [3.8, 4) is 5.75 Å². The van der Waals surface area contributed by atoms with Crippen LogP contribution in [0.25, 0.3) is 0 Å². The third kappa shape index (κ3) is 4.06. The van der Waals surface area contributed by atoms with E-state index < -0.39 is 6.10 Å². The van der Waals surface area contributed by atoms with Crippen molar-refractivity contribution in [1.82, 2.24) is 0 Å². The highest BCUT2D eigenvalue weighted by atomic mass is 16.6. The van der Waals surface area contributed by atoms with Gasteiger partial charge in [0.2, 0.25) is 0 Å². The average Bonchev–Trinajstić information content (AvgIpc) is 2.29. The number of rotatable bonds is 5. The first-order valence-corrected chi connectivity index (χ1v) is 6.38. The summed E-state index contributed by atoms with van der Waals surface area (Å²) < 4.78 is 10.9. The van der Waals surface area contributed by atoms with Gasteiger partial charge in [0.15, 0.2) is 6.10 Å². The highest BCUT2D eigenvalue weighted by Crippen LogP contribution is 2.21. The molecule has 0 N–H and O–H groups in total. The van der Waals surface area contributed by atoms with E-state index in [1.165, 1.54) is 0 Å². The summed E-state index contributed by atoms with van der Waals surface area (Å²) in [5, 5.41) is 0. The van der Waals surface area contributed by atoms with Gasteiger partial charge in [0, 0.05) is 0 Å². The predicted octanol–water partition coefficient (Wildman–Crippen LogP) is 3.41. The van der Waals surface area contributed by atoms with Gasteiger partial charge >= 0.3 is 5.97 Å². The zero-order chi connectivity index (χ0) is 13.7. The summed E-state index contributed by atoms with van der Waals surface area (Å²) in [6.07, 6.45) is -0.0551. The van der Waals surface area contributed by atoms with Crippen LogP contribution in [0.4, 0.5) is 0 Å². The highest BCUT2D eigenvalue weighted by Gasteiger charge is 2.21. The molecule has 0 spiro atoms. The van der Waals surface area contributed by atoms with Crippen molar-refractivity contribution in [2.75, 3.05) is 0 Å². The third-order valence-corrected chi connectivity index (χ3v) is 2.60. The van der Waals surface area contributed by atoms with Gasteiger partial charge in [-0.25, -0.2) is 4.79 Å². The lowest BCUT2D eigenvalue weighted by Gasteiger charge is -2.19. The van der Waals surface area contributed by atoms with Crippen molar-refractivity contribution in [2.45, 2.75) is 53.2 Å². The van der Waals surface area contributed by atoms with Crippen molar-refractivity contribution in [1.29, 1.82) is 0 Å². The summed E-state index contributed by atoms with van der Waals surface area (Å²) in [5.41, 5.74) is 2.14. The van der Waals surface area contributed by atoms with E-state index in [-0.39, 0.29) is 12.1 Å². The number of carbonyl (C=O) groups is 1. The molecular weight excluding hydrogens is 228 g/mol. The van der Waals surface area contributed by atoms with Gasteiger partial charge in [0.25, 0.3) is 0 Å². The normalized spacial score (nSPS) is 12.3. The van der Waals surface area contributed by atoms with E-state index in [0.29, 0.717) is 6.42 Å². The van der Waals surface area contributed by atoms with Gasteiger partial charge in [-0.1, -0.05) is 19.1 Å². The smallest absolute Gasteiger partial charge is 0.347 e. The predicted molar refractivity (Wildman–Crippen MR) is 71.9 cm³/mol. The quantitative estimate of drug-likeness (QED) is 0.751. The molecular formula is C15H22O3. The summed E-state index contributed by atoms with van der Waals surface area (Å²) in [6.45, 7) is 9.55. The first kappa shape index (κ1) is 14.6. The molecule has 0 heterocycles. The first-order valence-electron chi connectivity index (χ1n) is 6.38. The number of benzene rings is 1. The average molecular weight is 250 g/mol. The van der Waals surface area contributed by atoms with Crippen molar-refractivity contribution in [2.24, 2.45) is 0 Å². The SMILES string of the molecule is CCC(Oc1cc(C)ccc1C)C(=O)OC(C)C. The number of hydrogen-bond acceptors (Lipinski definition) is 3. The topological polar surface area (TPSA) is 35.5 Å². The zero-order valence-electron chi connectivity index (χ0n) is 11.8. The molecule has 0 aromatic heterocycles. The minimum Gasteiger partial charge on any atom is -0.478 e. The standard InChI is InChI=1S/C15H22O3/c1-6-13(15(16)17-10(2)3)18-14-9-11(4)7-8-12(14)5/h7-10,13H,6H2,1-5H3. The van der Waals surface area contributed by atoms with E-state index in [9.17, 15) is 4.79 Å². The highest BCUT2D eigenvalue weighted by molar-refractivity contribution is 5.75. The van der Waals surface area contributed by atoms with Crippen molar-refractivity contribution < 1.29 is 14.3 Å². The number of carbonyl (C=O) groups excluding carboxylic acids is 1. The molecule has 100 valence electrons. The van der Waals surface area contributed by atoms with Crippen LogP contribution >= 0.6 is 0 Å².